The molecule has 2 aliphatic rings. The Morgan fingerprint density at radius 2 is 1.72 bits per heavy atom. The lowest BCUT2D eigenvalue weighted by molar-refractivity contribution is -0.131. The van der Waals surface area contributed by atoms with Crippen LogP contribution in [-0.2, 0) is 9.59 Å². The average Bonchev–Trinajstić information content (AvgIpc) is 3.35. The first-order chi connectivity index (χ1) is 15.5. The molecule has 0 bridgehead atoms. The number of hydrogen-bond donors (Lipinski definition) is 1. The molecule has 0 saturated carbocycles. The molecule has 2 heterocycles. The number of nitrogens with zero attached hydrogens (tertiary/aromatic N) is 2. The van der Waals surface area contributed by atoms with Gasteiger partial charge in [-0.25, -0.2) is 0 Å². The summed E-state index contributed by atoms with van der Waals surface area (Å²) in [5.74, 6) is 0.721. The van der Waals surface area contributed by atoms with Crippen molar-refractivity contribution in [1.29, 1.82) is 0 Å². The van der Waals surface area contributed by atoms with E-state index in [1.807, 2.05) is 0 Å². The van der Waals surface area contributed by atoms with Gasteiger partial charge in [-0.15, -0.1) is 0 Å². The normalized spacial score (nSPS) is 15.1. The minimum absolute atomic E-state index is 0.0760. The summed E-state index contributed by atoms with van der Waals surface area (Å²) in [5.41, 5.74) is 1.23. The standard InChI is InChI=1S/C23H25N3O6/c1-30-17-10-16(11-18(12-17)31-2)24-23(29)15-5-6-20-19(9-15)26(22(28)14-32-20)13-21(27)25-7-3-4-8-25/h5-6,9-12H,3-4,7-8,13-14H2,1-2H3,(H,24,29). The highest BCUT2D eigenvalue weighted by Gasteiger charge is 2.30. The number of methoxy groups -OCH3 is 2. The zero-order chi connectivity index (χ0) is 22.7. The summed E-state index contributed by atoms with van der Waals surface area (Å²) in [6.45, 7) is 1.19. The maximum atomic E-state index is 12.9. The van der Waals surface area contributed by atoms with E-state index in [-0.39, 0.29) is 30.9 Å². The van der Waals surface area contributed by atoms with E-state index in [1.54, 1.807) is 41.3 Å². The molecule has 1 fully saturated rings. The van der Waals surface area contributed by atoms with Crippen molar-refractivity contribution in [3.63, 3.8) is 0 Å². The Hall–Kier alpha value is -3.75. The molecule has 0 aliphatic carbocycles. The number of carbonyl (C=O) groups is 3. The van der Waals surface area contributed by atoms with Crippen LogP contribution < -0.4 is 24.4 Å². The van der Waals surface area contributed by atoms with Crippen molar-refractivity contribution in [3.05, 3.63) is 42.0 Å². The minimum atomic E-state index is -0.382. The zero-order valence-corrected chi connectivity index (χ0v) is 18.1. The molecule has 0 aromatic heterocycles. The monoisotopic (exact) mass is 439 g/mol. The van der Waals surface area contributed by atoms with Crippen LogP contribution in [-0.4, -0.2) is 63.1 Å². The molecule has 4 rings (SSSR count). The zero-order valence-electron chi connectivity index (χ0n) is 18.1. The highest BCUT2D eigenvalue weighted by Crippen LogP contribution is 2.34. The highest BCUT2D eigenvalue weighted by molar-refractivity contribution is 6.07. The summed E-state index contributed by atoms with van der Waals surface area (Å²) in [6.07, 6.45) is 1.94. The molecule has 32 heavy (non-hydrogen) atoms. The third-order valence-corrected chi connectivity index (χ3v) is 5.53. The van der Waals surface area contributed by atoms with Gasteiger partial charge in [0.25, 0.3) is 11.8 Å². The number of hydrogen-bond acceptors (Lipinski definition) is 6. The molecule has 2 aromatic carbocycles. The molecule has 168 valence electrons. The summed E-state index contributed by atoms with van der Waals surface area (Å²) in [6, 6.07) is 9.86. The molecule has 1 saturated heterocycles. The lowest BCUT2D eigenvalue weighted by atomic mass is 10.1. The number of carbonyl (C=O) groups excluding carboxylic acids is 3. The van der Waals surface area contributed by atoms with Crippen LogP contribution >= 0.6 is 0 Å². The minimum Gasteiger partial charge on any atom is -0.497 e. The van der Waals surface area contributed by atoms with Gasteiger partial charge in [0.1, 0.15) is 23.8 Å². The van der Waals surface area contributed by atoms with E-state index in [0.29, 0.717) is 47.3 Å². The number of benzene rings is 2. The van der Waals surface area contributed by atoms with E-state index >= 15 is 0 Å². The highest BCUT2D eigenvalue weighted by atomic mass is 16.5. The Balaban J connectivity index is 1.56. The third kappa shape index (κ3) is 4.46. The average molecular weight is 439 g/mol. The first-order valence-corrected chi connectivity index (χ1v) is 10.4. The van der Waals surface area contributed by atoms with Crippen LogP contribution in [0.15, 0.2) is 36.4 Å². The number of fused-ring (bicyclic) bond motifs is 1. The second-order valence-corrected chi connectivity index (χ2v) is 7.59. The quantitative estimate of drug-likeness (QED) is 0.742. The fraction of sp³-hybridized carbons (Fsp3) is 0.348. The van der Waals surface area contributed by atoms with Crippen molar-refractivity contribution in [2.24, 2.45) is 0 Å². The predicted molar refractivity (Wildman–Crippen MR) is 118 cm³/mol. The molecule has 0 unspecified atom stereocenters. The Labute approximate surface area is 185 Å². The van der Waals surface area contributed by atoms with E-state index < -0.39 is 0 Å². The van der Waals surface area contributed by atoms with Gasteiger partial charge in [-0.2, -0.15) is 0 Å². The Kier molecular flexibility index (Phi) is 6.16. The van der Waals surface area contributed by atoms with Crippen LogP contribution in [0.3, 0.4) is 0 Å². The Bertz CT molecular complexity index is 1030. The molecule has 0 radical (unpaired) electrons. The largest absolute Gasteiger partial charge is 0.497 e. The third-order valence-electron chi connectivity index (χ3n) is 5.53. The number of nitrogens with one attached hydrogen (secondary N) is 1. The molecular weight excluding hydrogens is 414 g/mol. The fourth-order valence-electron chi connectivity index (χ4n) is 3.80. The van der Waals surface area contributed by atoms with Gasteiger partial charge in [0.15, 0.2) is 6.61 Å². The van der Waals surface area contributed by atoms with Crippen molar-refractivity contribution in [1.82, 2.24) is 4.90 Å². The molecule has 2 aliphatic heterocycles. The summed E-state index contributed by atoms with van der Waals surface area (Å²) in [5, 5.41) is 2.81. The van der Waals surface area contributed by atoms with Crippen LogP contribution in [0.5, 0.6) is 17.2 Å². The maximum absolute atomic E-state index is 12.9. The number of ether oxygens (including phenoxy) is 3. The van der Waals surface area contributed by atoms with Gasteiger partial charge >= 0.3 is 0 Å². The number of anilines is 2. The van der Waals surface area contributed by atoms with Gasteiger partial charge in [-0.05, 0) is 31.0 Å². The summed E-state index contributed by atoms with van der Waals surface area (Å²) in [7, 11) is 3.05. The van der Waals surface area contributed by atoms with Gasteiger partial charge in [0.2, 0.25) is 5.91 Å². The van der Waals surface area contributed by atoms with Crippen molar-refractivity contribution in [3.8, 4) is 17.2 Å². The van der Waals surface area contributed by atoms with Crippen molar-refractivity contribution >= 4 is 29.1 Å². The van der Waals surface area contributed by atoms with Gasteiger partial charge in [0.05, 0.1) is 19.9 Å². The van der Waals surface area contributed by atoms with Crippen LogP contribution in [0, 0.1) is 0 Å². The molecule has 9 nitrogen and oxygen atoms in total. The van der Waals surface area contributed by atoms with Crippen LogP contribution in [0.25, 0.3) is 0 Å². The second kappa shape index (κ2) is 9.17. The Morgan fingerprint density at radius 3 is 2.38 bits per heavy atom. The number of amides is 3. The van der Waals surface area contributed by atoms with E-state index in [0.717, 1.165) is 12.8 Å². The van der Waals surface area contributed by atoms with Crippen molar-refractivity contribution < 1.29 is 28.6 Å². The van der Waals surface area contributed by atoms with Gasteiger partial charge < -0.3 is 24.4 Å². The lowest BCUT2D eigenvalue weighted by Gasteiger charge is -2.30. The van der Waals surface area contributed by atoms with Gasteiger partial charge in [-0.3, -0.25) is 19.3 Å². The van der Waals surface area contributed by atoms with E-state index in [1.165, 1.54) is 19.1 Å². The van der Waals surface area contributed by atoms with E-state index in [2.05, 4.69) is 5.32 Å². The molecule has 0 spiro atoms. The SMILES string of the molecule is COc1cc(NC(=O)c2ccc3c(c2)N(CC(=O)N2CCCC2)C(=O)CO3)cc(OC)c1. The number of likely N-dealkylation sites (tertiary alicyclic amines) is 1. The Morgan fingerprint density at radius 1 is 1.03 bits per heavy atom. The predicted octanol–water partition coefficient (Wildman–Crippen LogP) is 2.30. The van der Waals surface area contributed by atoms with E-state index in [9.17, 15) is 14.4 Å². The van der Waals surface area contributed by atoms with Crippen LogP contribution in [0.1, 0.15) is 23.2 Å². The molecule has 2 aromatic rings. The second-order valence-electron chi connectivity index (χ2n) is 7.59. The van der Waals surface area contributed by atoms with Crippen molar-refractivity contribution in [2.45, 2.75) is 12.8 Å². The molecule has 0 atom stereocenters. The summed E-state index contributed by atoms with van der Waals surface area (Å²) >= 11 is 0. The van der Waals surface area contributed by atoms with Crippen LogP contribution in [0.4, 0.5) is 11.4 Å². The molecular formula is C23H25N3O6. The lowest BCUT2D eigenvalue weighted by Crippen LogP contribution is -2.46. The van der Waals surface area contributed by atoms with Crippen molar-refractivity contribution in [2.75, 3.05) is 50.7 Å². The summed E-state index contributed by atoms with van der Waals surface area (Å²) < 4.78 is 16.0. The smallest absolute Gasteiger partial charge is 0.265 e. The maximum Gasteiger partial charge on any atom is 0.265 e. The topological polar surface area (TPSA) is 97.4 Å². The first kappa shape index (κ1) is 21.5. The fourth-order valence-corrected chi connectivity index (χ4v) is 3.80. The van der Waals surface area contributed by atoms with E-state index in [4.69, 9.17) is 14.2 Å². The van der Waals surface area contributed by atoms with Crippen LogP contribution in [0.2, 0.25) is 0 Å². The number of rotatable bonds is 6. The van der Waals surface area contributed by atoms with Gasteiger partial charge in [0, 0.05) is 42.5 Å². The van der Waals surface area contributed by atoms with Gasteiger partial charge in [-0.1, -0.05) is 0 Å². The molecule has 1 N–H and O–H groups in total. The summed E-state index contributed by atoms with van der Waals surface area (Å²) in [4.78, 5) is 41.2. The molecule has 3 amide bonds. The first-order valence-electron chi connectivity index (χ1n) is 10.4. The molecule has 9 heteroatoms.